The highest BCUT2D eigenvalue weighted by Gasteiger charge is 2.11. The van der Waals surface area contributed by atoms with Crippen LogP contribution in [-0.2, 0) is 6.54 Å². The fourth-order valence-electron chi connectivity index (χ4n) is 1.64. The van der Waals surface area contributed by atoms with Crippen molar-refractivity contribution in [1.29, 1.82) is 0 Å². The first-order chi connectivity index (χ1) is 6.86. The number of aromatic hydroxyl groups is 1. The molecule has 1 aliphatic rings. The fourth-order valence-corrected chi connectivity index (χ4v) is 2.62. The maximum absolute atomic E-state index is 9.61. The Morgan fingerprint density at radius 3 is 2.64 bits per heavy atom. The molecule has 0 radical (unpaired) electrons. The zero-order chi connectivity index (χ0) is 9.80. The van der Waals surface area contributed by atoms with E-state index in [1.54, 1.807) is 6.07 Å². The van der Waals surface area contributed by atoms with E-state index < -0.39 is 0 Å². The monoisotopic (exact) mass is 209 g/mol. The molecule has 76 valence electrons. The highest BCUT2D eigenvalue weighted by atomic mass is 32.2. The molecule has 0 bridgehead atoms. The first kappa shape index (κ1) is 9.87. The zero-order valence-electron chi connectivity index (χ0n) is 8.15. The third-order valence-corrected chi connectivity index (χ3v) is 3.43. The van der Waals surface area contributed by atoms with Gasteiger partial charge in [-0.25, -0.2) is 0 Å². The maximum Gasteiger partial charge on any atom is 0.120 e. The van der Waals surface area contributed by atoms with Gasteiger partial charge in [-0.05, 0) is 6.07 Å². The van der Waals surface area contributed by atoms with Crippen molar-refractivity contribution >= 4 is 11.8 Å². The van der Waals surface area contributed by atoms with Crippen LogP contribution in [0.25, 0.3) is 0 Å². The van der Waals surface area contributed by atoms with Crippen LogP contribution < -0.4 is 0 Å². The highest BCUT2D eigenvalue weighted by Crippen LogP contribution is 2.19. The summed E-state index contributed by atoms with van der Waals surface area (Å²) < 4.78 is 0. The van der Waals surface area contributed by atoms with Crippen LogP contribution in [0.3, 0.4) is 0 Å². The summed E-state index contributed by atoms with van der Waals surface area (Å²) in [5, 5.41) is 9.61. The molecule has 0 unspecified atom stereocenters. The van der Waals surface area contributed by atoms with E-state index in [4.69, 9.17) is 0 Å². The Hall–Kier alpha value is -0.670. The predicted molar refractivity (Wildman–Crippen MR) is 60.7 cm³/mol. The van der Waals surface area contributed by atoms with E-state index >= 15 is 0 Å². The van der Waals surface area contributed by atoms with Crippen LogP contribution in [0.4, 0.5) is 0 Å². The lowest BCUT2D eigenvalue weighted by Crippen LogP contribution is -2.31. The van der Waals surface area contributed by atoms with Crippen molar-refractivity contribution in [3.63, 3.8) is 0 Å². The normalized spacial score (nSPS) is 18.3. The molecular weight excluding hydrogens is 194 g/mol. The van der Waals surface area contributed by atoms with Gasteiger partial charge in [-0.2, -0.15) is 11.8 Å². The SMILES string of the molecule is Oc1ccccc1CN1CCSCC1. The molecule has 2 rings (SSSR count). The van der Waals surface area contributed by atoms with Gasteiger partial charge in [0.25, 0.3) is 0 Å². The van der Waals surface area contributed by atoms with Crippen molar-refractivity contribution in [3.8, 4) is 5.75 Å². The highest BCUT2D eigenvalue weighted by molar-refractivity contribution is 7.99. The predicted octanol–water partition coefficient (Wildman–Crippen LogP) is 1.94. The third-order valence-electron chi connectivity index (χ3n) is 2.49. The number of thioether (sulfide) groups is 1. The molecule has 3 heteroatoms. The van der Waals surface area contributed by atoms with Crippen LogP contribution in [0.1, 0.15) is 5.56 Å². The van der Waals surface area contributed by atoms with Gasteiger partial charge in [0.2, 0.25) is 0 Å². The van der Waals surface area contributed by atoms with E-state index in [1.165, 1.54) is 11.5 Å². The average Bonchev–Trinajstić information content (AvgIpc) is 2.23. The lowest BCUT2D eigenvalue weighted by atomic mass is 10.2. The number of benzene rings is 1. The number of para-hydroxylation sites is 1. The summed E-state index contributed by atoms with van der Waals surface area (Å²) in [7, 11) is 0. The molecule has 0 atom stereocenters. The molecule has 2 nitrogen and oxygen atoms in total. The summed E-state index contributed by atoms with van der Waals surface area (Å²) in [5.41, 5.74) is 1.04. The van der Waals surface area contributed by atoms with Crippen LogP contribution in [0.5, 0.6) is 5.75 Å². The Kier molecular flexibility index (Phi) is 3.32. The number of hydrogen-bond acceptors (Lipinski definition) is 3. The molecule has 1 aliphatic heterocycles. The summed E-state index contributed by atoms with van der Waals surface area (Å²) >= 11 is 2.01. The van der Waals surface area contributed by atoms with Gasteiger partial charge in [0, 0.05) is 36.7 Å². The minimum Gasteiger partial charge on any atom is -0.508 e. The first-order valence-corrected chi connectivity index (χ1v) is 6.09. The molecular formula is C11H15NOS. The smallest absolute Gasteiger partial charge is 0.120 e. The Bertz CT molecular complexity index is 297. The molecule has 1 aromatic carbocycles. The van der Waals surface area contributed by atoms with Gasteiger partial charge in [-0.1, -0.05) is 18.2 Å². The second-order valence-corrected chi connectivity index (χ2v) is 4.74. The van der Waals surface area contributed by atoms with Crippen molar-refractivity contribution in [1.82, 2.24) is 4.90 Å². The van der Waals surface area contributed by atoms with Crippen molar-refractivity contribution < 1.29 is 5.11 Å². The molecule has 1 aromatic rings. The number of phenolic OH excluding ortho intramolecular Hbond substituents is 1. The van der Waals surface area contributed by atoms with Crippen molar-refractivity contribution in [2.75, 3.05) is 24.6 Å². The van der Waals surface area contributed by atoms with Gasteiger partial charge in [0.05, 0.1) is 0 Å². The summed E-state index contributed by atoms with van der Waals surface area (Å²) in [4.78, 5) is 2.39. The number of hydrogen-bond donors (Lipinski definition) is 1. The van der Waals surface area contributed by atoms with E-state index in [1.807, 2.05) is 30.0 Å². The van der Waals surface area contributed by atoms with E-state index in [0.29, 0.717) is 5.75 Å². The van der Waals surface area contributed by atoms with Gasteiger partial charge >= 0.3 is 0 Å². The van der Waals surface area contributed by atoms with Crippen molar-refractivity contribution in [2.24, 2.45) is 0 Å². The van der Waals surface area contributed by atoms with Crippen LogP contribution in [0.15, 0.2) is 24.3 Å². The molecule has 0 aliphatic carbocycles. The molecule has 0 aromatic heterocycles. The van der Waals surface area contributed by atoms with Crippen LogP contribution in [0, 0.1) is 0 Å². The molecule has 0 amide bonds. The maximum atomic E-state index is 9.61. The largest absolute Gasteiger partial charge is 0.508 e. The molecule has 1 saturated heterocycles. The van der Waals surface area contributed by atoms with Gasteiger partial charge in [0.15, 0.2) is 0 Å². The van der Waals surface area contributed by atoms with Gasteiger partial charge in [0.1, 0.15) is 5.75 Å². The van der Waals surface area contributed by atoms with E-state index in [2.05, 4.69) is 4.90 Å². The van der Waals surface area contributed by atoms with Crippen LogP contribution >= 0.6 is 11.8 Å². The molecule has 1 heterocycles. The fraction of sp³-hybridized carbons (Fsp3) is 0.455. The van der Waals surface area contributed by atoms with Gasteiger partial charge < -0.3 is 5.11 Å². The van der Waals surface area contributed by atoms with E-state index in [0.717, 1.165) is 25.2 Å². The van der Waals surface area contributed by atoms with Crippen LogP contribution in [-0.4, -0.2) is 34.6 Å². The quantitative estimate of drug-likeness (QED) is 0.805. The minimum absolute atomic E-state index is 0.422. The summed E-state index contributed by atoms with van der Waals surface area (Å²) in [6, 6.07) is 7.60. The standard InChI is InChI=1S/C11H15NOS/c13-11-4-2-1-3-10(11)9-12-5-7-14-8-6-12/h1-4,13H,5-9H2. The van der Waals surface area contributed by atoms with E-state index in [9.17, 15) is 5.11 Å². The number of rotatable bonds is 2. The lowest BCUT2D eigenvalue weighted by molar-refractivity contribution is 0.289. The van der Waals surface area contributed by atoms with Gasteiger partial charge in [-0.15, -0.1) is 0 Å². The Labute approximate surface area is 88.9 Å². The van der Waals surface area contributed by atoms with Crippen LogP contribution in [0.2, 0.25) is 0 Å². The molecule has 1 fully saturated rings. The average molecular weight is 209 g/mol. The molecule has 1 N–H and O–H groups in total. The molecule has 0 spiro atoms. The summed E-state index contributed by atoms with van der Waals surface area (Å²) in [5.74, 6) is 2.85. The molecule has 14 heavy (non-hydrogen) atoms. The Morgan fingerprint density at radius 2 is 1.93 bits per heavy atom. The second-order valence-electron chi connectivity index (χ2n) is 3.52. The second kappa shape index (κ2) is 4.71. The number of nitrogens with zero attached hydrogens (tertiary/aromatic N) is 1. The lowest BCUT2D eigenvalue weighted by Gasteiger charge is -2.26. The molecule has 0 saturated carbocycles. The topological polar surface area (TPSA) is 23.5 Å². The van der Waals surface area contributed by atoms with E-state index in [-0.39, 0.29) is 0 Å². The third kappa shape index (κ3) is 2.42. The minimum atomic E-state index is 0.422. The summed E-state index contributed by atoms with van der Waals surface area (Å²) in [6.07, 6.45) is 0. The number of phenols is 1. The zero-order valence-corrected chi connectivity index (χ0v) is 8.96. The van der Waals surface area contributed by atoms with Gasteiger partial charge in [-0.3, -0.25) is 4.90 Å². The van der Waals surface area contributed by atoms with Crippen molar-refractivity contribution in [3.05, 3.63) is 29.8 Å². The summed E-state index contributed by atoms with van der Waals surface area (Å²) in [6.45, 7) is 3.16. The van der Waals surface area contributed by atoms with Crippen molar-refractivity contribution in [2.45, 2.75) is 6.54 Å². The first-order valence-electron chi connectivity index (χ1n) is 4.93. The Balaban J connectivity index is 1.99. The Morgan fingerprint density at radius 1 is 1.21 bits per heavy atom.